The third kappa shape index (κ3) is 17.1. The van der Waals surface area contributed by atoms with Crippen LogP contribution in [0.4, 0.5) is 30.2 Å². The van der Waals surface area contributed by atoms with Crippen molar-refractivity contribution in [3.05, 3.63) is 237 Å². The molecule has 10 rings (SSSR count). The van der Waals surface area contributed by atoms with Crippen molar-refractivity contribution >= 4 is 83.3 Å². The monoisotopic (exact) mass is 1360 g/mol. The summed E-state index contributed by atoms with van der Waals surface area (Å²) in [5.74, 6) is -3.73. The second kappa shape index (κ2) is 32.1. The normalized spacial score (nSPS) is 11.3. The Labute approximate surface area is 559 Å². The Morgan fingerprint density at radius 3 is 1.18 bits per heavy atom. The number of hydrogen-bond acceptors (Lipinski definition) is 20. The topological polar surface area (TPSA) is 375 Å². The van der Waals surface area contributed by atoms with Gasteiger partial charge < -0.3 is 42.7 Å². The molecule has 0 fully saturated rings. The zero-order valence-corrected chi connectivity index (χ0v) is 54.8. The smallest absolute Gasteiger partial charge is 0.305 e. The van der Waals surface area contributed by atoms with E-state index >= 15 is 0 Å². The molecule has 0 aliphatic carbocycles. The van der Waals surface area contributed by atoms with Crippen LogP contribution in [0.2, 0.25) is 0 Å². The molecule has 6 aromatic heterocycles. The van der Waals surface area contributed by atoms with Crippen LogP contribution in [0.3, 0.4) is 0 Å². The highest BCUT2D eigenvalue weighted by Gasteiger charge is 2.26. The number of fused-ring (bicyclic) bond motifs is 3. The second-order valence-electron chi connectivity index (χ2n) is 23.4. The molecule has 6 heterocycles. The average molecular weight is 1360 g/mol. The number of nitrogens with zero attached hydrogens (tertiary/aromatic N) is 6. The third-order valence-corrected chi connectivity index (χ3v) is 18.1. The Kier molecular flexibility index (Phi) is 23.8. The Bertz CT molecular complexity index is 5030. The SMILES string of the molecule is COC(=O)CCc1cnc2c(c1)c(N)c(C(=O)CCc1ccc(C)cc1F)c(=O)n2O.Cc1ccc(CCC(=O)c2c(N)c3cc(CCCCCO)cnc3n(O)c2=O)c(F)c1.Cc1ccc(CCC(=O)c2c(N)c3cc(CCS(=O)(=O)c4ccccc4)cnc3n(O)c2=O)c(F)c1. The lowest BCUT2D eigenvalue weighted by Gasteiger charge is -2.12. The van der Waals surface area contributed by atoms with E-state index in [1.807, 2.05) is 0 Å². The van der Waals surface area contributed by atoms with E-state index in [9.17, 15) is 70.8 Å². The van der Waals surface area contributed by atoms with Gasteiger partial charge in [-0.2, -0.15) is 0 Å². The van der Waals surface area contributed by atoms with E-state index in [0.717, 1.165) is 35.1 Å². The summed E-state index contributed by atoms with van der Waals surface area (Å²) in [5, 5.41) is 40.4. The first-order chi connectivity index (χ1) is 46.6. The lowest BCUT2D eigenvalue weighted by molar-refractivity contribution is -0.140. The molecule has 0 spiro atoms. The van der Waals surface area contributed by atoms with Gasteiger partial charge in [-0.05, 0) is 171 Å². The number of nitrogen functional groups attached to an aromatic ring is 3. The summed E-state index contributed by atoms with van der Waals surface area (Å²) in [6.07, 6.45) is 7.61. The van der Waals surface area contributed by atoms with Gasteiger partial charge in [0.05, 0.1) is 34.8 Å². The predicted molar refractivity (Wildman–Crippen MR) is 361 cm³/mol. The van der Waals surface area contributed by atoms with Crippen LogP contribution < -0.4 is 33.9 Å². The zero-order valence-electron chi connectivity index (χ0n) is 54.0. The number of aryl methyl sites for hydroxylation is 9. The number of hydrogen-bond donors (Lipinski definition) is 7. The summed E-state index contributed by atoms with van der Waals surface area (Å²) in [4.78, 5) is 100. The maximum absolute atomic E-state index is 14.2. The lowest BCUT2D eigenvalue weighted by atomic mass is 9.99. The lowest BCUT2D eigenvalue weighted by Crippen LogP contribution is -2.28. The molecule has 0 atom stereocenters. The minimum Gasteiger partial charge on any atom is -0.469 e. The number of anilines is 3. The zero-order chi connectivity index (χ0) is 71.3. The molecule has 10 aromatic rings. The quantitative estimate of drug-likeness (QED) is 0.0128. The van der Waals surface area contributed by atoms with Gasteiger partial charge in [-0.1, -0.05) is 61.0 Å². The Morgan fingerprint density at radius 1 is 0.480 bits per heavy atom. The van der Waals surface area contributed by atoms with Gasteiger partial charge in [-0.25, -0.2) is 36.5 Å². The number of nitrogens with two attached hydrogens (primary N) is 3. The second-order valence-corrected chi connectivity index (χ2v) is 25.5. The number of unbranched alkanes of at least 4 members (excludes halogenated alkanes) is 2. The van der Waals surface area contributed by atoms with Crippen LogP contribution in [0.1, 0.15) is 126 Å². The third-order valence-electron chi connectivity index (χ3n) is 16.3. The highest BCUT2D eigenvalue weighted by Crippen LogP contribution is 2.28. The Hall–Kier alpha value is -11.1. The Morgan fingerprint density at radius 2 is 0.837 bits per heavy atom. The van der Waals surface area contributed by atoms with Gasteiger partial charge in [-0.15, -0.1) is 14.2 Å². The summed E-state index contributed by atoms with van der Waals surface area (Å²) >= 11 is 0. The first-order valence-corrected chi connectivity index (χ1v) is 32.7. The molecule has 98 heavy (non-hydrogen) atoms. The van der Waals surface area contributed by atoms with Gasteiger partial charge in [0, 0.05) is 67.0 Å². The van der Waals surface area contributed by atoms with Crippen LogP contribution >= 0.6 is 0 Å². The summed E-state index contributed by atoms with van der Waals surface area (Å²) in [5.41, 5.74) is 19.0. The van der Waals surface area contributed by atoms with Gasteiger partial charge in [-0.3, -0.25) is 33.6 Å². The number of ether oxygens (including phenoxy) is 1. The number of pyridine rings is 6. The van der Waals surface area contributed by atoms with Gasteiger partial charge in [0.15, 0.2) is 44.1 Å². The number of sulfone groups is 1. The van der Waals surface area contributed by atoms with Crippen LogP contribution in [0.5, 0.6) is 0 Å². The van der Waals surface area contributed by atoms with Gasteiger partial charge in [0.25, 0.3) is 16.7 Å². The van der Waals surface area contributed by atoms with Crippen LogP contribution in [-0.2, 0) is 57.9 Å². The highest BCUT2D eigenvalue weighted by molar-refractivity contribution is 7.91. The van der Waals surface area contributed by atoms with Crippen molar-refractivity contribution in [2.75, 3.05) is 36.7 Å². The van der Waals surface area contributed by atoms with E-state index < -0.39 is 72.8 Å². The molecule has 0 aliphatic rings. The molecular formula is C71H72F3N9O14S. The highest BCUT2D eigenvalue weighted by atomic mass is 32.2. The molecule has 0 amide bonds. The first-order valence-electron chi connectivity index (χ1n) is 31.0. The van der Waals surface area contributed by atoms with Crippen LogP contribution in [-0.4, -0.2) is 101 Å². The summed E-state index contributed by atoms with van der Waals surface area (Å²) in [6.45, 7) is 5.41. The van der Waals surface area contributed by atoms with Crippen molar-refractivity contribution in [3.63, 3.8) is 0 Å². The number of aliphatic hydroxyl groups excluding tert-OH is 1. The molecule has 27 heteroatoms. The number of methoxy groups -OCH3 is 1. The number of halogens is 3. The minimum atomic E-state index is -3.55. The number of benzene rings is 4. The van der Waals surface area contributed by atoms with Crippen LogP contribution in [0.25, 0.3) is 33.1 Å². The maximum atomic E-state index is 14.2. The van der Waals surface area contributed by atoms with Crippen molar-refractivity contribution < 1.29 is 66.2 Å². The number of aliphatic hydroxyl groups is 1. The van der Waals surface area contributed by atoms with Crippen molar-refractivity contribution in [3.8, 4) is 0 Å². The fourth-order valence-electron chi connectivity index (χ4n) is 10.8. The number of esters is 1. The minimum absolute atomic E-state index is 0.0252. The molecular weight excluding hydrogens is 1290 g/mol. The van der Waals surface area contributed by atoms with E-state index in [1.54, 1.807) is 93.7 Å². The number of Topliss-reactive ketones (excluding diaryl/α,β-unsaturated/α-hetero) is 3. The van der Waals surface area contributed by atoms with Gasteiger partial charge in [0.2, 0.25) is 0 Å². The van der Waals surface area contributed by atoms with Gasteiger partial charge in [0.1, 0.15) is 34.1 Å². The molecule has 4 aromatic carbocycles. The average Bonchev–Trinajstić information content (AvgIpc) is 0.777. The molecule has 0 saturated carbocycles. The largest absolute Gasteiger partial charge is 0.469 e. The molecule has 0 saturated heterocycles. The van der Waals surface area contributed by atoms with Crippen LogP contribution in [0, 0.1) is 38.2 Å². The standard InChI is InChI=1S/C26H24FN3O5S.C23H26FN3O4.C22H22FN3O5/c1-16-7-8-18(21(27)13-16)9-10-22(31)23-24(28)20-14-17(15-29-25(20)30(33)26(23)32)11-12-36(34,35)19-5-3-2-4-6-19;1-14-6-7-16(18(24)11-14)8-9-19(29)20-21(25)17-12-15(5-3-2-4-10-28)13-26-22(17)27(31)23(20)30;1-12-3-5-14(16(23)9-12)6-7-17(27)19-20(24)15-10-13(4-8-18(28)31-2)11-25-21(15)26(30)22(19)29/h2-8,13-15,33H,9-12,28H2,1H3;6-7,11-13,28,31H,2-5,8-10,25H2,1H3;3,5,9-11,30H,4,6-8,24H2,1-2H3. The number of rotatable bonds is 24. The molecule has 512 valence electrons. The van der Waals surface area contributed by atoms with E-state index in [0.29, 0.717) is 57.2 Å². The molecule has 10 N–H and O–H groups in total. The summed E-state index contributed by atoms with van der Waals surface area (Å²) < 4.78 is 72.9. The van der Waals surface area contributed by atoms with Crippen molar-refractivity contribution in [1.82, 2.24) is 29.1 Å². The Balaban J connectivity index is 0.000000188. The number of carbonyl (C=O) groups is 4. The van der Waals surface area contributed by atoms with Crippen molar-refractivity contribution in [1.29, 1.82) is 0 Å². The van der Waals surface area contributed by atoms with E-state index in [4.69, 9.17) is 22.3 Å². The molecule has 0 bridgehead atoms. The predicted octanol–water partition coefficient (Wildman–Crippen LogP) is 9.26. The molecule has 0 radical (unpaired) electrons. The number of ketones is 3. The van der Waals surface area contributed by atoms with E-state index in [-0.39, 0.29) is 134 Å². The molecule has 0 unspecified atom stereocenters. The number of carbonyl (C=O) groups excluding carboxylic acids is 4. The molecule has 23 nitrogen and oxygen atoms in total. The number of aromatic nitrogens is 6. The van der Waals surface area contributed by atoms with Crippen molar-refractivity contribution in [2.45, 2.75) is 109 Å². The maximum Gasteiger partial charge on any atom is 0.305 e. The fourth-order valence-corrected chi connectivity index (χ4v) is 12.1. The summed E-state index contributed by atoms with van der Waals surface area (Å²) in [7, 11) is -2.27. The molecule has 0 aliphatic heterocycles. The fraction of sp³-hybridized carbons (Fsp3) is 0.268. The van der Waals surface area contributed by atoms with Crippen LogP contribution in [0.15, 0.2) is 141 Å². The summed E-state index contributed by atoms with van der Waals surface area (Å²) in [6, 6.07) is 26.9. The van der Waals surface area contributed by atoms with E-state index in [2.05, 4.69) is 19.7 Å². The first kappa shape index (κ1) is 72.8. The van der Waals surface area contributed by atoms with E-state index in [1.165, 1.54) is 55.9 Å². The van der Waals surface area contributed by atoms with Gasteiger partial charge >= 0.3 is 5.97 Å². The van der Waals surface area contributed by atoms with Crippen molar-refractivity contribution in [2.24, 2.45) is 0 Å².